The molecule has 3 aromatic rings. The second kappa shape index (κ2) is 9.07. The van der Waals surface area contributed by atoms with Crippen molar-refractivity contribution in [2.45, 2.75) is 42.2 Å². The van der Waals surface area contributed by atoms with Gasteiger partial charge in [-0.05, 0) is 38.1 Å². The van der Waals surface area contributed by atoms with E-state index in [1.165, 1.54) is 23.9 Å². The van der Waals surface area contributed by atoms with Gasteiger partial charge in [0, 0.05) is 18.7 Å². The number of amides is 1. The van der Waals surface area contributed by atoms with Gasteiger partial charge in [-0.2, -0.15) is 0 Å². The first-order valence-corrected chi connectivity index (χ1v) is 11.8. The maximum Gasteiger partial charge on any atom is 0.238 e. The monoisotopic (exact) mass is 448 g/mol. The van der Waals surface area contributed by atoms with Crippen molar-refractivity contribution in [3.63, 3.8) is 0 Å². The van der Waals surface area contributed by atoms with Crippen molar-refractivity contribution in [2.24, 2.45) is 5.14 Å². The van der Waals surface area contributed by atoms with Gasteiger partial charge in [-0.15, -0.1) is 0 Å². The summed E-state index contributed by atoms with van der Waals surface area (Å²) in [5.74, 6) is 0.586. The van der Waals surface area contributed by atoms with Crippen LogP contribution in [0.3, 0.4) is 0 Å². The number of para-hydroxylation sites is 1. The number of nitrogens with one attached hydrogen (secondary N) is 1. The molecule has 30 heavy (non-hydrogen) atoms. The van der Waals surface area contributed by atoms with Gasteiger partial charge in [0.05, 0.1) is 28.3 Å². The Morgan fingerprint density at radius 2 is 2.03 bits per heavy atom. The third-order valence-corrected chi connectivity index (χ3v) is 6.63. The number of hydrogen-bond donors (Lipinski definition) is 2. The summed E-state index contributed by atoms with van der Waals surface area (Å²) in [5.41, 5.74) is 2.20. The molecule has 3 N–H and O–H groups in total. The minimum absolute atomic E-state index is 0.00917. The van der Waals surface area contributed by atoms with Gasteiger partial charge in [-0.1, -0.05) is 30.0 Å². The van der Waals surface area contributed by atoms with Crippen molar-refractivity contribution in [1.82, 2.24) is 14.9 Å². The number of fused-ring (bicyclic) bond motifs is 1. The van der Waals surface area contributed by atoms with Crippen molar-refractivity contribution in [3.05, 3.63) is 48.0 Å². The van der Waals surface area contributed by atoms with Crippen LogP contribution in [-0.2, 0) is 27.9 Å². The quantitative estimate of drug-likeness (QED) is 0.512. The van der Waals surface area contributed by atoms with Gasteiger partial charge in [0.2, 0.25) is 15.9 Å². The Bertz CT molecular complexity index is 1170. The third kappa shape index (κ3) is 4.77. The van der Waals surface area contributed by atoms with Gasteiger partial charge in [0.1, 0.15) is 5.75 Å². The van der Waals surface area contributed by atoms with Gasteiger partial charge in [-0.3, -0.25) is 4.79 Å². The van der Waals surface area contributed by atoms with E-state index >= 15 is 0 Å². The molecule has 1 aromatic heterocycles. The Hall–Kier alpha value is -2.56. The average Bonchev–Trinajstić information content (AvgIpc) is 3.07. The number of hydrogen-bond acceptors (Lipinski definition) is 6. The number of nitrogens with zero attached hydrogens (tertiary/aromatic N) is 2. The Kier molecular flexibility index (Phi) is 6.69. The third-order valence-electron chi connectivity index (χ3n) is 4.63. The second-order valence-corrected chi connectivity index (χ2v) is 9.49. The second-order valence-electron chi connectivity index (χ2n) is 6.62. The summed E-state index contributed by atoms with van der Waals surface area (Å²) in [7, 11) is -2.22. The molecule has 1 atom stereocenters. The lowest BCUT2D eigenvalue weighted by Crippen LogP contribution is -2.30. The van der Waals surface area contributed by atoms with E-state index in [9.17, 15) is 13.2 Å². The fraction of sp³-hybridized carbons (Fsp3) is 0.300. The zero-order chi connectivity index (χ0) is 21.9. The van der Waals surface area contributed by atoms with Gasteiger partial charge >= 0.3 is 0 Å². The Labute approximate surface area is 179 Å². The largest absolute Gasteiger partial charge is 0.496 e. The fourth-order valence-corrected chi connectivity index (χ4v) is 4.59. The predicted octanol–water partition coefficient (Wildman–Crippen LogP) is 2.51. The zero-order valence-corrected chi connectivity index (χ0v) is 18.6. The number of aryl methyl sites for hydroxylation is 1. The normalized spacial score (nSPS) is 12.7. The number of imidazole rings is 1. The number of nitrogens with two attached hydrogens (primary N) is 1. The van der Waals surface area contributed by atoms with Crippen molar-refractivity contribution < 1.29 is 17.9 Å². The van der Waals surface area contributed by atoms with Crippen LogP contribution in [0.25, 0.3) is 11.0 Å². The maximum absolute atomic E-state index is 12.6. The summed E-state index contributed by atoms with van der Waals surface area (Å²) in [6.45, 7) is 4.75. The molecule has 0 spiro atoms. The molecule has 10 heteroatoms. The highest BCUT2D eigenvalue weighted by Gasteiger charge is 2.20. The minimum atomic E-state index is -3.81. The van der Waals surface area contributed by atoms with Crippen LogP contribution in [0.4, 0.5) is 0 Å². The summed E-state index contributed by atoms with van der Waals surface area (Å²) >= 11 is 1.31. The summed E-state index contributed by atoms with van der Waals surface area (Å²) in [6.07, 6.45) is 0. The Morgan fingerprint density at radius 3 is 2.70 bits per heavy atom. The lowest BCUT2D eigenvalue weighted by atomic mass is 10.2. The van der Waals surface area contributed by atoms with E-state index in [0.717, 1.165) is 16.8 Å². The maximum atomic E-state index is 12.6. The molecule has 0 bridgehead atoms. The molecule has 160 valence electrons. The average molecular weight is 449 g/mol. The highest BCUT2D eigenvalue weighted by molar-refractivity contribution is 8.00. The van der Waals surface area contributed by atoms with Crippen LogP contribution in [0, 0.1) is 0 Å². The molecular formula is C20H24N4O4S2. The van der Waals surface area contributed by atoms with Crippen LogP contribution >= 0.6 is 11.8 Å². The molecule has 2 aromatic carbocycles. The van der Waals surface area contributed by atoms with Crippen LogP contribution in [0.5, 0.6) is 5.75 Å². The molecule has 8 nitrogen and oxygen atoms in total. The molecule has 0 aliphatic heterocycles. The number of sulfonamides is 1. The molecule has 0 fully saturated rings. The molecule has 1 heterocycles. The molecule has 1 amide bonds. The van der Waals surface area contributed by atoms with Crippen LogP contribution in [-0.4, -0.2) is 36.2 Å². The van der Waals surface area contributed by atoms with E-state index in [1.807, 2.05) is 35.8 Å². The van der Waals surface area contributed by atoms with E-state index in [2.05, 4.69) is 10.3 Å². The van der Waals surface area contributed by atoms with Gasteiger partial charge < -0.3 is 14.6 Å². The minimum Gasteiger partial charge on any atom is -0.496 e. The summed E-state index contributed by atoms with van der Waals surface area (Å²) in [4.78, 5) is 17.2. The number of rotatable bonds is 8. The van der Waals surface area contributed by atoms with Crippen molar-refractivity contribution in [2.75, 3.05) is 7.11 Å². The van der Waals surface area contributed by atoms with Crippen molar-refractivity contribution in [1.29, 1.82) is 0 Å². The van der Waals surface area contributed by atoms with Crippen LogP contribution < -0.4 is 15.2 Å². The number of primary sulfonamides is 1. The van der Waals surface area contributed by atoms with Crippen LogP contribution in [0.15, 0.2) is 52.5 Å². The molecule has 0 radical (unpaired) electrons. The van der Waals surface area contributed by atoms with Gasteiger partial charge in [-0.25, -0.2) is 18.5 Å². The first-order valence-electron chi connectivity index (χ1n) is 9.34. The van der Waals surface area contributed by atoms with Gasteiger partial charge in [0.25, 0.3) is 0 Å². The van der Waals surface area contributed by atoms with E-state index in [4.69, 9.17) is 9.88 Å². The first kappa shape index (κ1) is 22.1. The zero-order valence-electron chi connectivity index (χ0n) is 17.0. The SMILES string of the molecule is CCn1c(SC(C)C(=O)NCc2ccccc2OC)nc2cc(S(N)(=O)=O)ccc21. The van der Waals surface area contributed by atoms with E-state index < -0.39 is 15.3 Å². The molecule has 0 aliphatic rings. The highest BCUT2D eigenvalue weighted by atomic mass is 32.2. The molecule has 0 aliphatic carbocycles. The summed E-state index contributed by atoms with van der Waals surface area (Å²) in [5, 5.41) is 8.37. The number of methoxy groups -OCH3 is 1. The van der Waals surface area contributed by atoms with E-state index in [-0.39, 0.29) is 10.8 Å². The van der Waals surface area contributed by atoms with Crippen LogP contribution in [0.2, 0.25) is 0 Å². The molecule has 0 saturated carbocycles. The van der Waals surface area contributed by atoms with Crippen molar-refractivity contribution >= 4 is 38.7 Å². The molecular weight excluding hydrogens is 424 g/mol. The predicted molar refractivity (Wildman–Crippen MR) is 117 cm³/mol. The summed E-state index contributed by atoms with van der Waals surface area (Å²) < 4.78 is 30.5. The van der Waals surface area contributed by atoms with Crippen LogP contribution in [0.1, 0.15) is 19.4 Å². The highest BCUT2D eigenvalue weighted by Crippen LogP contribution is 2.28. The number of benzene rings is 2. The molecule has 0 saturated heterocycles. The van der Waals surface area contributed by atoms with Crippen molar-refractivity contribution in [3.8, 4) is 5.75 Å². The van der Waals surface area contributed by atoms with E-state index in [0.29, 0.717) is 23.8 Å². The lowest BCUT2D eigenvalue weighted by Gasteiger charge is -2.14. The number of ether oxygens (including phenoxy) is 1. The molecule has 3 rings (SSSR count). The molecule has 1 unspecified atom stereocenters. The number of thioether (sulfide) groups is 1. The standard InChI is InChI=1S/C20H24N4O4S2/c1-4-24-17-10-9-15(30(21,26)27)11-16(17)23-20(24)29-13(2)19(25)22-12-14-7-5-6-8-18(14)28-3/h5-11,13H,4,12H2,1-3H3,(H,22,25)(H2,21,26,27). The Morgan fingerprint density at radius 1 is 1.30 bits per heavy atom. The summed E-state index contributed by atoms with van der Waals surface area (Å²) in [6, 6.07) is 12.1. The fourth-order valence-electron chi connectivity index (χ4n) is 3.05. The smallest absolute Gasteiger partial charge is 0.238 e. The first-order chi connectivity index (χ1) is 14.2. The number of aromatic nitrogens is 2. The van der Waals surface area contributed by atoms with E-state index in [1.54, 1.807) is 20.1 Å². The number of carbonyl (C=O) groups is 1. The lowest BCUT2D eigenvalue weighted by molar-refractivity contribution is -0.120. The van der Waals surface area contributed by atoms with Gasteiger partial charge in [0.15, 0.2) is 5.16 Å². The topological polar surface area (TPSA) is 116 Å². The number of carbonyl (C=O) groups excluding carboxylic acids is 1. The Balaban J connectivity index is 1.76.